The second kappa shape index (κ2) is 8.48. The Morgan fingerprint density at radius 1 is 1.31 bits per heavy atom. The average Bonchev–Trinajstić information content (AvgIpc) is 2.92. The molecule has 0 saturated carbocycles. The minimum Gasteiger partial charge on any atom is -0.334 e. The molecule has 0 bridgehead atoms. The highest BCUT2D eigenvalue weighted by Gasteiger charge is 2.31. The molecule has 26 heavy (non-hydrogen) atoms. The number of nitrogens with one attached hydrogen (secondary N) is 3. The third-order valence-electron chi connectivity index (χ3n) is 4.48. The lowest BCUT2D eigenvalue weighted by Crippen LogP contribution is -2.53. The van der Waals surface area contributed by atoms with Gasteiger partial charge in [-0.1, -0.05) is 32.4 Å². The molecule has 0 aromatic heterocycles. The Labute approximate surface area is 152 Å². The van der Waals surface area contributed by atoms with Crippen LogP contribution in [0.15, 0.2) is 24.3 Å². The van der Waals surface area contributed by atoms with E-state index in [1.54, 1.807) is 13.0 Å². The van der Waals surface area contributed by atoms with E-state index in [9.17, 15) is 22.4 Å². The zero-order valence-corrected chi connectivity index (χ0v) is 15.6. The second-order valence-corrected chi connectivity index (χ2v) is 8.78. The summed E-state index contributed by atoms with van der Waals surface area (Å²) in [5, 5.41) is 7.66. The van der Waals surface area contributed by atoms with Crippen molar-refractivity contribution in [2.75, 3.05) is 16.8 Å². The summed E-state index contributed by atoms with van der Waals surface area (Å²) >= 11 is 0. The minimum absolute atomic E-state index is 0.0369. The largest absolute Gasteiger partial charge is 0.334 e. The van der Waals surface area contributed by atoms with Gasteiger partial charge in [0, 0.05) is 6.04 Å². The Morgan fingerprint density at radius 2 is 2.00 bits per heavy atom. The average molecular weight is 385 g/mol. The van der Waals surface area contributed by atoms with Gasteiger partial charge in [0.2, 0.25) is 5.91 Å². The zero-order valence-electron chi connectivity index (χ0n) is 14.8. The number of benzene rings is 1. The smallest absolute Gasteiger partial charge is 0.315 e. The van der Waals surface area contributed by atoms with Crippen LogP contribution in [-0.4, -0.2) is 43.9 Å². The predicted molar refractivity (Wildman–Crippen MR) is 97.0 cm³/mol. The molecule has 1 heterocycles. The summed E-state index contributed by atoms with van der Waals surface area (Å²) in [6.07, 6.45) is 0.971. The van der Waals surface area contributed by atoms with Crippen LogP contribution >= 0.6 is 0 Å². The summed E-state index contributed by atoms with van der Waals surface area (Å²) in [5.41, 5.74) is 0.0369. The first-order valence-electron chi connectivity index (χ1n) is 8.54. The standard InChI is InChI=1S/C17H24FN3O4S/c1-3-11(2)15(16(22)20-14-7-5-4-6-13(14)18)21-17(23)19-12-8-9-26(24,25)10-12/h4-7,11-12,15H,3,8-10H2,1-2H3,(H,20,22)(H2,19,21,23). The van der Waals surface area contributed by atoms with Crippen LogP contribution in [0.4, 0.5) is 14.9 Å². The number of rotatable bonds is 6. The first-order chi connectivity index (χ1) is 12.2. The van der Waals surface area contributed by atoms with Crippen LogP contribution in [0, 0.1) is 11.7 Å². The molecule has 0 spiro atoms. The van der Waals surface area contributed by atoms with Gasteiger partial charge in [-0.3, -0.25) is 4.79 Å². The van der Waals surface area contributed by atoms with E-state index in [-0.39, 0.29) is 23.1 Å². The Bertz CT molecular complexity index is 769. The Morgan fingerprint density at radius 3 is 2.58 bits per heavy atom. The molecule has 1 saturated heterocycles. The second-order valence-electron chi connectivity index (χ2n) is 6.55. The van der Waals surface area contributed by atoms with Crippen molar-refractivity contribution in [1.29, 1.82) is 0 Å². The lowest BCUT2D eigenvalue weighted by atomic mass is 9.98. The first-order valence-corrected chi connectivity index (χ1v) is 10.4. The number of anilines is 1. The number of carbonyl (C=O) groups excluding carboxylic acids is 2. The Kier molecular flexibility index (Phi) is 6.57. The third-order valence-corrected chi connectivity index (χ3v) is 6.25. The van der Waals surface area contributed by atoms with Crippen molar-refractivity contribution in [3.63, 3.8) is 0 Å². The molecule has 3 atom stereocenters. The van der Waals surface area contributed by atoms with E-state index in [2.05, 4.69) is 16.0 Å². The van der Waals surface area contributed by atoms with Gasteiger partial charge in [-0.2, -0.15) is 0 Å². The summed E-state index contributed by atoms with van der Waals surface area (Å²) < 4.78 is 36.7. The molecule has 3 unspecified atom stereocenters. The van der Waals surface area contributed by atoms with E-state index < -0.39 is 39.7 Å². The number of carbonyl (C=O) groups is 2. The van der Waals surface area contributed by atoms with Crippen LogP contribution in [-0.2, 0) is 14.6 Å². The summed E-state index contributed by atoms with van der Waals surface area (Å²) in [4.78, 5) is 24.7. The fourth-order valence-corrected chi connectivity index (χ4v) is 4.43. The number of urea groups is 1. The molecule has 1 aliphatic rings. The van der Waals surface area contributed by atoms with Crippen molar-refractivity contribution in [2.45, 2.75) is 38.8 Å². The number of hydrogen-bond donors (Lipinski definition) is 3. The maximum atomic E-state index is 13.7. The molecule has 7 nitrogen and oxygen atoms in total. The molecule has 1 fully saturated rings. The van der Waals surface area contributed by atoms with E-state index in [4.69, 9.17) is 0 Å². The van der Waals surface area contributed by atoms with E-state index in [1.165, 1.54) is 18.2 Å². The quantitative estimate of drug-likeness (QED) is 0.693. The fraction of sp³-hybridized carbons (Fsp3) is 0.529. The van der Waals surface area contributed by atoms with Gasteiger partial charge in [0.05, 0.1) is 17.2 Å². The zero-order chi connectivity index (χ0) is 19.3. The van der Waals surface area contributed by atoms with Crippen molar-refractivity contribution < 1.29 is 22.4 Å². The molecule has 3 N–H and O–H groups in total. The van der Waals surface area contributed by atoms with Gasteiger partial charge in [-0.15, -0.1) is 0 Å². The van der Waals surface area contributed by atoms with E-state index >= 15 is 0 Å². The van der Waals surface area contributed by atoms with Gasteiger partial charge in [0.15, 0.2) is 9.84 Å². The molecule has 1 aromatic rings. The summed E-state index contributed by atoms with van der Waals surface area (Å²) in [6, 6.07) is 3.82. The summed E-state index contributed by atoms with van der Waals surface area (Å²) in [7, 11) is -3.12. The van der Waals surface area contributed by atoms with Crippen LogP contribution in [0.5, 0.6) is 0 Å². The van der Waals surface area contributed by atoms with Crippen LogP contribution in [0.1, 0.15) is 26.7 Å². The number of para-hydroxylation sites is 1. The monoisotopic (exact) mass is 385 g/mol. The molecule has 0 aliphatic carbocycles. The van der Waals surface area contributed by atoms with Crippen molar-refractivity contribution >= 4 is 27.5 Å². The molecule has 2 rings (SSSR count). The van der Waals surface area contributed by atoms with Crippen LogP contribution < -0.4 is 16.0 Å². The number of amides is 3. The molecule has 1 aromatic carbocycles. The molecular weight excluding hydrogens is 361 g/mol. The lowest BCUT2D eigenvalue weighted by Gasteiger charge is -2.24. The molecular formula is C17H24FN3O4S. The molecule has 3 amide bonds. The first kappa shape index (κ1) is 20.2. The normalized spacial score (nSPS) is 20.8. The number of sulfone groups is 1. The topological polar surface area (TPSA) is 104 Å². The van der Waals surface area contributed by atoms with Crippen LogP contribution in [0.2, 0.25) is 0 Å². The number of halogens is 1. The van der Waals surface area contributed by atoms with Gasteiger partial charge in [-0.25, -0.2) is 17.6 Å². The summed E-state index contributed by atoms with van der Waals surface area (Å²) in [6.45, 7) is 3.67. The minimum atomic E-state index is -3.12. The Balaban J connectivity index is 2.01. The highest BCUT2D eigenvalue weighted by atomic mass is 32.2. The SMILES string of the molecule is CCC(C)C(NC(=O)NC1CCS(=O)(=O)C1)C(=O)Nc1ccccc1F. The third kappa shape index (κ3) is 5.42. The Hall–Kier alpha value is -2.16. The van der Waals surface area contributed by atoms with Gasteiger partial charge in [0.25, 0.3) is 0 Å². The highest BCUT2D eigenvalue weighted by molar-refractivity contribution is 7.91. The van der Waals surface area contributed by atoms with Crippen LogP contribution in [0.25, 0.3) is 0 Å². The van der Waals surface area contributed by atoms with Crippen molar-refractivity contribution in [2.24, 2.45) is 5.92 Å². The van der Waals surface area contributed by atoms with Gasteiger partial charge in [0.1, 0.15) is 11.9 Å². The van der Waals surface area contributed by atoms with Gasteiger partial charge >= 0.3 is 6.03 Å². The molecule has 0 radical (unpaired) electrons. The van der Waals surface area contributed by atoms with Crippen molar-refractivity contribution in [3.8, 4) is 0 Å². The summed E-state index contributed by atoms with van der Waals surface area (Å²) in [5.74, 6) is -1.35. The van der Waals surface area contributed by atoms with E-state index in [1.807, 2.05) is 6.92 Å². The van der Waals surface area contributed by atoms with Crippen molar-refractivity contribution in [3.05, 3.63) is 30.1 Å². The fourth-order valence-electron chi connectivity index (χ4n) is 2.75. The molecule has 1 aliphatic heterocycles. The van der Waals surface area contributed by atoms with Gasteiger partial charge in [-0.05, 0) is 24.5 Å². The maximum absolute atomic E-state index is 13.7. The molecule has 144 valence electrons. The maximum Gasteiger partial charge on any atom is 0.315 e. The molecule has 9 heteroatoms. The van der Waals surface area contributed by atoms with Crippen molar-refractivity contribution in [1.82, 2.24) is 10.6 Å². The number of hydrogen-bond acceptors (Lipinski definition) is 4. The van der Waals surface area contributed by atoms with Crippen LogP contribution in [0.3, 0.4) is 0 Å². The van der Waals surface area contributed by atoms with E-state index in [0.717, 1.165) is 0 Å². The van der Waals surface area contributed by atoms with E-state index in [0.29, 0.717) is 12.8 Å². The lowest BCUT2D eigenvalue weighted by molar-refractivity contribution is -0.119. The van der Waals surface area contributed by atoms with Gasteiger partial charge < -0.3 is 16.0 Å². The highest BCUT2D eigenvalue weighted by Crippen LogP contribution is 2.16. The predicted octanol–water partition coefficient (Wildman–Crippen LogP) is 1.67.